The summed E-state index contributed by atoms with van der Waals surface area (Å²) in [7, 11) is 0. The number of amides is 1. The fourth-order valence-corrected chi connectivity index (χ4v) is 3.42. The molecule has 8 nitrogen and oxygen atoms in total. The van der Waals surface area contributed by atoms with Crippen LogP contribution in [0.1, 0.15) is 27.2 Å². The number of nitrogens with one attached hydrogen (secondary N) is 2. The van der Waals surface area contributed by atoms with Crippen LogP contribution in [-0.2, 0) is 11.3 Å². The Morgan fingerprint density at radius 3 is 2.73 bits per heavy atom. The summed E-state index contributed by atoms with van der Waals surface area (Å²) < 4.78 is 7.47. The van der Waals surface area contributed by atoms with Gasteiger partial charge in [0.05, 0.1) is 18.1 Å². The summed E-state index contributed by atoms with van der Waals surface area (Å²) in [5.41, 5.74) is 0.766. The van der Waals surface area contributed by atoms with Gasteiger partial charge in [-0.2, -0.15) is 5.10 Å². The van der Waals surface area contributed by atoms with Gasteiger partial charge in [-0.1, -0.05) is 43.8 Å². The average molecular weight is 429 g/mol. The van der Waals surface area contributed by atoms with Gasteiger partial charge in [-0.3, -0.25) is 4.79 Å². The van der Waals surface area contributed by atoms with Crippen molar-refractivity contribution in [3.8, 4) is 5.75 Å². The third kappa shape index (κ3) is 5.63. The van der Waals surface area contributed by atoms with Crippen LogP contribution < -0.4 is 15.4 Å². The third-order valence-electron chi connectivity index (χ3n) is 4.34. The number of rotatable bonds is 11. The smallest absolute Gasteiger partial charge is 0.260 e. The number of nitrogens with zero attached hydrogens (tertiary/aromatic N) is 4. The van der Waals surface area contributed by atoms with Crippen LogP contribution in [0.15, 0.2) is 41.7 Å². The summed E-state index contributed by atoms with van der Waals surface area (Å²) in [6.07, 6.45) is 2.20. The molecule has 3 rings (SSSR count). The van der Waals surface area contributed by atoms with Crippen LogP contribution in [0, 0.1) is 0 Å². The monoisotopic (exact) mass is 428 g/mol. The molecule has 160 valence electrons. The lowest BCUT2D eigenvalue weighted by molar-refractivity contribution is -0.127. The van der Waals surface area contributed by atoms with Crippen molar-refractivity contribution in [3.05, 3.63) is 36.5 Å². The summed E-state index contributed by atoms with van der Waals surface area (Å²) in [5, 5.41) is 12.3. The minimum Gasteiger partial charge on any atom is -0.481 e. The Morgan fingerprint density at radius 1 is 1.20 bits per heavy atom. The normalized spacial score (nSPS) is 12.0. The van der Waals surface area contributed by atoms with Gasteiger partial charge in [0.15, 0.2) is 16.9 Å². The first-order chi connectivity index (χ1) is 14.6. The second-order valence-electron chi connectivity index (χ2n) is 6.68. The number of thioether (sulfide) groups is 1. The fourth-order valence-electron chi connectivity index (χ4n) is 2.86. The molecule has 0 aliphatic rings. The number of benzene rings is 1. The van der Waals surface area contributed by atoms with E-state index in [1.54, 1.807) is 29.6 Å². The molecule has 2 aromatic heterocycles. The number of carbonyl (C=O) groups is 1. The van der Waals surface area contributed by atoms with E-state index < -0.39 is 6.10 Å². The predicted octanol–water partition coefficient (Wildman–Crippen LogP) is 3.34. The van der Waals surface area contributed by atoms with E-state index in [-0.39, 0.29) is 5.91 Å². The van der Waals surface area contributed by atoms with Crippen molar-refractivity contribution in [2.24, 2.45) is 0 Å². The average Bonchev–Trinajstić information content (AvgIpc) is 3.16. The maximum atomic E-state index is 12.3. The molecular weight excluding hydrogens is 400 g/mol. The van der Waals surface area contributed by atoms with E-state index >= 15 is 0 Å². The summed E-state index contributed by atoms with van der Waals surface area (Å²) in [5.74, 6) is 2.20. The van der Waals surface area contributed by atoms with Crippen LogP contribution in [0.5, 0.6) is 5.75 Å². The van der Waals surface area contributed by atoms with E-state index in [9.17, 15) is 4.79 Å². The number of fused-ring (bicyclic) bond motifs is 1. The molecule has 1 aromatic carbocycles. The van der Waals surface area contributed by atoms with Crippen molar-refractivity contribution >= 4 is 34.5 Å². The molecule has 9 heteroatoms. The Labute approximate surface area is 180 Å². The lowest BCUT2D eigenvalue weighted by atomic mass is 10.3. The van der Waals surface area contributed by atoms with E-state index in [4.69, 9.17) is 4.74 Å². The number of anilines is 1. The zero-order chi connectivity index (χ0) is 21.3. The minimum absolute atomic E-state index is 0.169. The van der Waals surface area contributed by atoms with Gasteiger partial charge in [0.1, 0.15) is 11.6 Å². The van der Waals surface area contributed by atoms with Crippen molar-refractivity contribution in [3.63, 3.8) is 0 Å². The topological polar surface area (TPSA) is 94.0 Å². The van der Waals surface area contributed by atoms with Gasteiger partial charge < -0.3 is 15.4 Å². The highest BCUT2D eigenvalue weighted by molar-refractivity contribution is 7.99. The Morgan fingerprint density at radius 2 is 2.00 bits per heavy atom. The molecule has 0 fully saturated rings. The van der Waals surface area contributed by atoms with Gasteiger partial charge in [0.25, 0.3) is 5.91 Å². The van der Waals surface area contributed by atoms with E-state index in [2.05, 4.69) is 39.5 Å². The van der Waals surface area contributed by atoms with E-state index in [0.717, 1.165) is 40.7 Å². The van der Waals surface area contributed by atoms with Crippen LogP contribution in [0.4, 0.5) is 5.82 Å². The molecule has 3 aromatic rings. The summed E-state index contributed by atoms with van der Waals surface area (Å²) >= 11 is 1.59. The molecule has 0 radical (unpaired) electrons. The molecule has 0 spiro atoms. The lowest BCUT2D eigenvalue weighted by Gasteiger charge is -2.14. The largest absolute Gasteiger partial charge is 0.481 e. The molecule has 1 atom stereocenters. The van der Waals surface area contributed by atoms with Gasteiger partial charge >= 0.3 is 0 Å². The Bertz CT molecular complexity index is 963. The molecule has 2 heterocycles. The lowest BCUT2D eigenvalue weighted by Crippen LogP contribution is -2.38. The molecule has 0 saturated carbocycles. The van der Waals surface area contributed by atoms with E-state index in [1.165, 1.54) is 0 Å². The van der Waals surface area contributed by atoms with Crippen molar-refractivity contribution in [2.75, 3.05) is 24.2 Å². The zero-order valence-corrected chi connectivity index (χ0v) is 18.4. The van der Waals surface area contributed by atoms with Gasteiger partial charge in [-0.15, -0.1) is 0 Å². The highest BCUT2D eigenvalue weighted by Gasteiger charge is 2.16. The van der Waals surface area contributed by atoms with Gasteiger partial charge in [0.2, 0.25) is 0 Å². The van der Waals surface area contributed by atoms with Gasteiger partial charge in [-0.25, -0.2) is 14.6 Å². The van der Waals surface area contributed by atoms with Crippen LogP contribution in [0.2, 0.25) is 0 Å². The van der Waals surface area contributed by atoms with Crippen LogP contribution >= 0.6 is 11.8 Å². The maximum Gasteiger partial charge on any atom is 0.260 e. The number of para-hydroxylation sites is 1. The molecule has 2 N–H and O–H groups in total. The molecule has 0 aliphatic heterocycles. The van der Waals surface area contributed by atoms with Gasteiger partial charge in [-0.05, 0) is 31.2 Å². The Balaban J connectivity index is 1.64. The molecule has 0 saturated heterocycles. The predicted molar refractivity (Wildman–Crippen MR) is 120 cm³/mol. The summed E-state index contributed by atoms with van der Waals surface area (Å²) in [6, 6.07) is 9.31. The van der Waals surface area contributed by atoms with E-state index in [0.29, 0.717) is 18.8 Å². The second kappa shape index (κ2) is 10.8. The highest BCUT2D eigenvalue weighted by Crippen LogP contribution is 2.24. The first-order valence-electron chi connectivity index (χ1n) is 10.2. The standard InChI is InChI=1S/C21H28N6O2S/c1-4-11-22-18-17-14-24-27(19(17)26-21(25-18)30-5-2)13-12-23-20(28)15(3)29-16-9-7-6-8-10-16/h6-10,14-15H,4-5,11-13H2,1-3H3,(H,23,28)(H,22,25,26). The number of aromatic nitrogens is 4. The molecule has 0 bridgehead atoms. The van der Waals surface area contributed by atoms with Crippen molar-refractivity contribution in [2.45, 2.75) is 45.0 Å². The first-order valence-corrected chi connectivity index (χ1v) is 11.2. The van der Waals surface area contributed by atoms with Crippen LogP contribution in [0.25, 0.3) is 11.0 Å². The number of ether oxygens (including phenoxy) is 1. The van der Waals surface area contributed by atoms with Gasteiger partial charge in [0, 0.05) is 13.1 Å². The highest BCUT2D eigenvalue weighted by atomic mass is 32.2. The Hall–Kier alpha value is -2.81. The maximum absolute atomic E-state index is 12.3. The minimum atomic E-state index is -0.582. The van der Waals surface area contributed by atoms with Crippen molar-refractivity contribution in [1.29, 1.82) is 0 Å². The fraction of sp³-hybridized carbons (Fsp3) is 0.429. The van der Waals surface area contributed by atoms with Crippen molar-refractivity contribution < 1.29 is 9.53 Å². The second-order valence-corrected chi connectivity index (χ2v) is 7.91. The van der Waals surface area contributed by atoms with Crippen LogP contribution in [0.3, 0.4) is 0 Å². The first kappa shape index (κ1) is 21.9. The molecule has 1 amide bonds. The molecular formula is C21H28N6O2S. The number of hydrogen-bond acceptors (Lipinski definition) is 7. The summed E-state index contributed by atoms with van der Waals surface area (Å²) in [4.78, 5) is 21.6. The van der Waals surface area contributed by atoms with Crippen LogP contribution in [-0.4, -0.2) is 50.6 Å². The summed E-state index contributed by atoms with van der Waals surface area (Å²) in [6.45, 7) is 7.69. The molecule has 0 aliphatic carbocycles. The quantitative estimate of drug-likeness (QED) is 0.357. The number of hydrogen-bond donors (Lipinski definition) is 2. The van der Waals surface area contributed by atoms with E-state index in [1.807, 2.05) is 30.3 Å². The molecule has 1 unspecified atom stereocenters. The van der Waals surface area contributed by atoms with Crippen molar-refractivity contribution in [1.82, 2.24) is 25.1 Å². The Kier molecular flexibility index (Phi) is 7.89. The molecule has 30 heavy (non-hydrogen) atoms. The number of carbonyl (C=O) groups excluding carboxylic acids is 1. The zero-order valence-electron chi connectivity index (χ0n) is 17.6. The SMILES string of the molecule is CCCNc1nc(SCC)nc2c1cnn2CCNC(=O)C(C)Oc1ccccc1. The third-order valence-corrected chi connectivity index (χ3v) is 5.07.